The zero-order valence-corrected chi connectivity index (χ0v) is 23.7. The molecule has 2 N–H and O–H groups in total. The van der Waals surface area contributed by atoms with Gasteiger partial charge in [0.25, 0.3) is 0 Å². The third kappa shape index (κ3) is 8.18. The Bertz CT molecular complexity index is 1560. The second-order valence-corrected chi connectivity index (χ2v) is 9.41. The van der Waals surface area contributed by atoms with Crippen molar-refractivity contribution in [2.75, 3.05) is 18.0 Å². The van der Waals surface area contributed by atoms with Crippen LogP contribution in [0, 0.1) is 13.8 Å². The third-order valence-electron chi connectivity index (χ3n) is 6.29. The molecule has 0 saturated carbocycles. The lowest BCUT2D eigenvalue weighted by atomic mass is 10.1. The Morgan fingerprint density at radius 2 is 1.70 bits per heavy atom. The lowest BCUT2D eigenvalue weighted by Crippen LogP contribution is -2.43. The Kier molecular flexibility index (Phi) is 9.76. The van der Waals surface area contributed by atoms with Crippen LogP contribution in [0.5, 0.6) is 5.75 Å². The Morgan fingerprint density at radius 1 is 1.02 bits per heavy atom. The van der Waals surface area contributed by atoms with E-state index >= 15 is 0 Å². The number of carbonyl (C=O) groups is 2. The van der Waals surface area contributed by atoms with Gasteiger partial charge in [-0.25, -0.2) is 14.5 Å². The fraction of sp³-hybridized carbons (Fsp3) is 0.233. The number of aromatic nitrogens is 3. The largest absolute Gasteiger partial charge is 0.573 e. The van der Waals surface area contributed by atoms with Crippen LogP contribution in [0.25, 0.3) is 17.1 Å². The molecule has 0 aliphatic rings. The van der Waals surface area contributed by atoms with Gasteiger partial charge in [0.05, 0.1) is 11.4 Å². The average molecular weight is 594 g/mol. The zero-order valence-electron chi connectivity index (χ0n) is 23.7. The van der Waals surface area contributed by atoms with E-state index in [1.54, 1.807) is 0 Å². The number of hydrogen-bond donors (Lipinski definition) is 2. The van der Waals surface area contributed by atoms with Crippen LogP contribution in [-0.4, -0.2) is 52.6 Å². The van der Waals surface area contributed by atoms with Crippen molar-refractivity contribution >= 4 is 24.1 Å². The van der Waals surface area contributed by atoms with E-state index in [1.165, 1.54) is 40.2 Å². The van der Waals surface area contributed by atoms with Gasteiger partial charge in [-0.1, -0.05) is 42.5 Å². The minimum absolute atomic E-state index is 0.134. The molecular weight excluding hydrogens is 563 g/mol. The fourth-order valence-electron chi connectivity index (χ4n) is 4.32. The highest BCUT2D eigenvalue weighted by Crippen LogP contribution is 2.25. The molecule has 0 aliphatic heterocycles. The van der Waals surface area contributed by atoms with Gasteiger partial charge in [-0.3, -0.25) is 9.69 Å². The number of halogens is 3. The number of amides is 3. The fourth-order valence-corrected chi connectivity index (χ4v) is 4.32. The van der Waals surface area contributed by atoms with Crippen molar-refractivity contribution < 1.29 is 27.5 Å². The Morgan fingerprint density at radius 3 is 2.30 bits per heavy atom. The van der Waals surface area contributed by atoms with Crippen LogP contribution in [0.1, 0.15) is 23.6 Å². The quantitative estimate of drug-likeness (QED) is 0.154. The monoisotopic (exact) mass is 593 g/mol. The van der Waals surface area contributed by atoms with Gasteiger partial charge in [-0.2, -0.15) is 4.99 Å². The maximum atomic E-state index is 12.6. The highest BCUT2D eigenvalue weighted by Gasteiger charge is 2.31. The van der Waals surface area contributed by atoms with Crippen molar-refractivity contribution in [3.05, 3.63) is 89.7 Å². The summed E-state index contributed by atoms with van der Waals surface area (Å²) in [5, 5.41) is 10.2. The summed E-state index contributed by atoms with van der Waals surface area (Å²) in [5.41, 5.74) is 4.62. The molecule has 10 nitrogen and oxygen atoms in total. The minimum Gasteiger partial charge on any atom is -0.406 e. The number of anilines is 1. The number of aliphatic imine (C=N–C) groups is 1. The molecule has 4 rings (SSSR count). The predicted molar refractivity (Wildman–Crippen MR) is 156 cm³/mol. The Balaban J connectivity index is 1.35. The molecule has 3 aromatic carbocycles. The molecular formula is C30H30F3N7O3. The summed E-state index contributed by atoms with van der Waals surface area (Å²) in [6, 6.07) is 17.8. The number of para-hydroxylation sites is 1. The molecule has 0 aliphatic carbocycles. The van der Waals surface area contributed by atoms with Crippen LogP contribution in [0.3, 0.4) is 0 Å². The molecule has 0 bridgehead atoms. The molecule has 13 heteroatoms. The molecule has 0 fully saturated rings. The van der Waals surface area contributed by atoms with Crippen LogP contribution in [0.4, 0.5) is 23.7 Å². The van der Waals surface area contributed by atoms with E-state index in [1.807, 2.05) is 63.2 Å². The molecule has 43 heavy (non-hydrogen) atoms. The molecule has 3 amide bonds. The van der Waals surface area contributed by atoms with Crippen LogP contribution in [0.15, 0.2) is 78.0 Å². The molecule has 1 aromatic heterocycles. The van der Waals surface area contributed by atoms with Gasteiger partial charge in [0, 0.05) is 18.7 Å². The molecule has 0 saturated heterocycles. The number of ether oxygens (including phenoxy) is 1. The summed E-state index contributed by atoms with van der Waals surface area (Å²) in [5.74, 6) is 0.243. The normalized spacial score (nSPS) is 11.6. The van der Waals surface area contributed by atoms with E-state index in [0.29, 0.717) is 43.1 Å². The van der Waals surface area contributed by atoms with Gasteiger partial charge in [-0.15, -0.1) is 18.3 Å². The number of urea groups is 1. The Labute approximate surface area is 246 Å². The summed E-state index contributed by atoms with van der Waals surface area (Å²) < 4.78 is 42.5. The van der Waals surface area contributed by atoms with E-state index in [2.05, 4.69) is 30.4 Å². The summed E-state index contributed by atoms with van der Waals surface area (Å²) in [6.45, 7) is 6.39. The van der Waals surface area contributed by atoms with Crippen LogP contribution in [-0.2, 0) is 11.2 Å². The first-order chi connectivity index (χ1) is 20.6. The van der Waals surface area contributed by atoms with Gasteiger partial charge in [0.2, 0.25) is 12.4 Å². The molecule has 224 valence electrons. The highest BCUT2D eigenvalue weighted by molar-refractivity contribution is 6.12. The topological polar surface area (TPSA) is 114 Å². The van der Waals surface area contributed by atoms with Gasteiger partial charge in [0.1, 0.15) is 12.1 Å². The second kappa shape index (κ2) is 13.6. The molecule has 0 spiro atoms. The SMILES string of the molecule is CCN/C(=N\C(=O)NCCc1ccc(-c2ncn(-c3ccc(OC(F)(F)F)cc3)n2)cc1)N(C=O)c1c(C)cccc1C. The summed E-state index contributed by atoms with van der Waals surface area (Å²) in [7, 11) is 0. The zero-order chi connectivity index (χ0) is 31.0. The third-order valence-corrected chi connectivity index (χ3v) is 6.29. The van der Waals surface area contributed by atoms with E-state index < -0.39 is 12.4 Å². The second-order valence-electron chi connectivity index (χ2n) is 9.41. The maximum Gasteiger partial charge on any atom is 0.573 e. The number of aryl methyl sites for hydroxylation is 2. The number of nitrogens with zero attached hydrogens (tertiary/aromatic N) is 5. The number of guanidine groups is 1. The highest BCUT2D eigenvalue weighted by atomic mass is 19.4. The lowest BCUT2D eigenvalue weighted by Gasteiger charge is -2.23. The minimum atomic E-state index is -4.76. The first-order valence-corrected chi connectivity index (χ1v) is 13.4. The number of hydrogen-bond acceptors (Lipinski definition) is 5. The van der Waals surface area contributed by atoms with Crippen LogP contribution < -0.4 is 20.3 Å². The van der Waals surface area contributed by atoms with Crippen molar-refractivity contribution in [3.63, 3.8) is 0 Å². The summed E-state index contributed by atoms with van der Waals surface area (Å²) in [4.78, 5) is 34.3. The lowest BCUT2D eigenvalue weighted by molar-refractivity contribution is -0.274. The van der Waals surface area contributed by atoms with Gasteiger partial charge >= 0.3 is 12.4 Å². The number of alkyl halides is 3. The van der Waals surface area contributed by atoms with Crippen LogP contribution in [0.2, 0.25) is 0 Å². The number of benzene rings is 3. The molecule has 0 unspecified atom stereocenters. The van der Waals surface area contributed by atoms with Gasteiger partial charge < -0.3 is 15.4 Å². The van der Waals surface area contributed by atoms with E-state index in [0.717, 1.165) is 22.3 Å². The summed E-state index contributed by atoms with van der Waals surface area (Å²) >= 11 is 0. The number of nitrogens with one attached hydrogen (secondary N) is 2. The number of rotatable bonds is 9. The molecule has 0 radical (unpaired) electrons. The van der Waals surface area contributed by atoms with Gasteiger partial charge in [-0.05, 0) is 68.1 Å². The maximum absolute atomic E-state index is 12.6. The van der Waals surface area contributed by atoms with Crippen molar-refractivity contribution in [2.45, 2.75) is 33.6 Å². The van der Waals surface area contributed by atoms with Crippen LogP contribution >= 0.6 is 0 Å². The predicted octanol–water partition coefficient (Wildman–Crippen LogP) is 5.33. The van der Waals surface area contributed by atoms with E-state index in [4.69, 9.17) is 0 Å². The molecule has 4 aromatic rings. The first-order valence-electron chi connectivity index (χ1n) is 13.4. The Hall–Kier alpha value is -5.20. The number of carbonyl (C=O) groups excluding carboxylic acids is 2. The van der Waals surface area contributed by atoms with Crippen molar-refractivity contribution in [2.24, 2.45) is 4.99 Å². The van der Waals surface area contributed by atoms with Crippen molar-refractivity contribution in [1.82, 2.24) is 25.4 Å². The summed E-state index contributed by atoms with van der Waals surface area (Å²) in [6.07, 6.45) is -2.14. The van der Waals surface area contributed by atoms with E-state index in [-0.39, 0.29) is 11.7 Å². The van der Waals surface area contributed by atoms with Crippen molar-refractivity contribution in [1.29, 1.82) is 0 Å². The first kappa shape index (κ1) is 30.8. The van der Waals surface area contributed by atoms with E-state index in [9.17, 15) is 22.8 Å². The molecule has 0 atom stereocenters. The van der Waals surface area contributed by atoms with Crippen molar-refractivity contribution in [3.8, 4) is 22.8 Å². The average Bonchev–Trinajstić information content (AvgIpc) is 3.45. The van der Waals surface area contributed by atoms with Gasteiger partial charge in [0.15, 0.2) is 5.82 Å². The molecule has 1 heterocycles. The standard InChI is InChI=1S/C30H30F3N7O3/c1-4-34-28(39(19-41)26-20(2)6-5-7-21(26)3)37-29(42)35-17-16-22-8-10-23(11-9-22)27-36-18-40(38-27)24-12-14-25(15-13-24)43-30(31,32)33/h5-15,18-19H,4,16-17H2,1-3H3,(H2,34,35,37,42). The smallest absolute Gasteiger partial charge is 0.406 e.